The highest BCUT2D eigenvalue weighted by Gasteiger charge is 2.21. The molecule has 0 amide bonds. The Morgan fingerprint density at radius 1 is 1.27 bits per heavy atom. The third kappa shape index (κ3) is 3.40. The van der Waals surface area contributed by atoms with E-state index in [9.17, 15) is 5.11 Å². The van der Waals surface area contributed by atoms with Crippen molar-refractivity contribution in [3.8, 4) is 11.5 Å². The molecule has 1 heterocycles. The first-order valence-electron chi connectivity index (χ1n) is 7.52. The van der Waals surface area contributed by atoms with Gasteiger partial charge < -0.3 is 19.9 Å². The lowest BCUT2D eigenvalue weighted by atomic mass is 10.0. The summed E-state index contributed by atoms with van der Waals surface area (Å²) < 4.78 is 11.0. The van der Waals surface area contributed by atoms with Crippen molar-refractivity contribution in [3.05, 3.63) is 59.7 Å². The van der Waals surface area contributed by atoms with Crippen LogP contribution in [0.5, 0.6) is 11.5 Å². The number of methoxy groups -OCH3 is 1. The number of aliphatic hydroxyl groups excluding tert-OH is 1. The Kier molecular flexibility index (Phi) is 4.61. The molecule has 0 saturated heterocycles. The predicted octanol–water partition coefficient (Wildman–Crippen LogP) is 2.32. The van der Waals surface area contributed by atoms with Gasteiger partial charge in [-0.2, -0.15) is 0 Å². The van der Waals surface area contributed by atoms with E-state index in [2.05, 4.69) is 5.32 Å². The van der Waals surface area contributed by atoms with Crippen LogP contribution in [0, 0.1) is 0 Å². The molecule has 0 fully saturated rings. The molecule has 2 aromatic carbocycles. The van der Waals surface area contributed by atoms with Gasteiger partial charge in [-0.05, 0) is 35.7 Å². The van der Waals surface area contributed by atoms with Gasteiger partial charge in [0.05, 0.1) is 13.2 Å². The van der Waals surface area contributed by atoms with Gasteiger partial charge >= 0.3 is 0 Å². The zero-order valence-electron chi connectivity index (χ0n) is 12.7. The number of hydrogen-bond donors (Lipinski definition) is 2. The fourth-order valence-electron chi connectivity index (χ4n) is 2.70. The van der Waals surface area contributed by atoms with Gasteiger partial charge in [0.15, 0.2) is 0 Å². The summed E-state index contributed by atoms with van der Waals surface area (Å²) in [7, 11) is 1.66. The summed E-state index contributed by atoms with van der Waals surface area (Å²) in [5.41, 5.74) is 2.06. The van der Waals surface area contributed by atoms with Crippen LogP contribution in [0.2, 0.25) is 0 Å². The van der Waals surface area contributed by atoms with Crippen LogP contribution in [0.3, 0.4) is 0 Å². The van der Waals surface area contributed by atoms with E-state index in [1.165, 1.54) is 0 Å². The summed E-state index contributed by atoms with van der Waals surface area (Å²) in [5, 5.41) is 13.6. The van der Waals surface area contributed by atoms with Crippen molar-refractivity contribution in [2.24, 2.45) is 0 Å². The number of nitrogens with one attached hydrogen (secondary N) is 1. The van der Waals surface area contributed by atoms with Gasteiger partial charge in [-0.1, -0.05) is 30.3 Å². The van der Waals surface area contributed by atoms with Crippen LogP contribution in [0.4, 0.5) is 0 Å². The fraction of sp³-hybridized carbons (Fsp3) is 0.333. The van der Waals surface area contributed by atoms with Gasteiger partial charge in [0.1, 0.15) is 18.1 Å². The van der Waals surface area contributed by atoms with Crippen molar-refractivity contribution in [2.45, 2.75) is 18.6 Å². The minimum absolute atomic E-state index is 0.193. The molecule has 2 atom stereocenters. The normalized spacial score (nSPS) is 18.2. The van der Waals surface area contributed by atoms with E-state index in [-0.39, 0.29) is 6.04 Å². The third-order valence-corrected chi connectivity index (χ3v) is 3.96. The van der Waals surface area contributed by atoms with Gasteiger partial charge in [0, 0.05) is 12.6 Å². The Bertz CT molecular complexity index is 615. The number of fused-ring (bicyclic) bond motifs is 1. The van der Waals surface area contributed by atoms with Gasteiger partial charge in [0.25, 0.3) is 0 Å². The first-order chi connectivity index (χ1) is 10.8. The number of aliphatic hydroxyl groups is 1. The van der Waals surface area contributed by atoms with Crippen molar-refractivity contribution in [1.29, 1.82) is 0 Å². The smallest absolute Gasteiger partial charge is 0.122 e. The molecule has 116 valence electrons. The summed E-state index contributed by atoms with van der Waals surface area (Å²) >= 11 is 0. The van der Waals surface area contributed by atoms with E-state index in [1.807, 2.05) is 48.5 Å². The second-order valence-electron chi connectivity index (χ2n) is 5.52. The molecule has 2 unspecified atom stereocenters. The average molecular weight is 299 g/mol. The van der Waals surface area contributed by atoms with E-state index in [1.54, 1.807) is 7.11 Å². The third-order valence-electron chi connectivity index (χ3n) is 3.96. The zero-order valence-corrected chi connectivity index (χ0v) is 12.7. The van der Waals surface area contributed by atoms with E-state index >= 15 is 0 Å². The van der Waals surface area contributed by atoms with Gasteiger partial charge in [-0.3, -0.25) is 0 Å². The molecule has 0 spiro atoms. The Hall–Kier alpha value is -2.04. The maximum Gasteiger partial charge on any atom is 0.122 e. The molecule has 0 bridgehead atoms. The minimum Gasteiger partial charge on any atom is -0.497 e. The lowest BCUT2D eigenvalue weighted by molar-refractivity contribution is 0.157. The molecule has 1 aliphatic heterocycles. The molecule has 1 aliphatic rings. The molecule has 0 aromatic heterocycles. The summed E-state index contributed by atoms with van der Waals surface area (Å²) in [6.07, 6.45) is 0.363. The first-order valence-corrected chi connectivity index (χ1v) is 7.52. The Labute approximate surface area is 130 Å². The summed E-state index contributed by atoms with van der Waals surface area (Å²) in [4.78, 5) is 0. The number of hydrogen-bond acceptors (Lipinski definition) is 4. The van der Waals surface area contributed by atoms with Crippen LogP contribution in [-0.4, -0.2) is 31.4 Å². The molecular weight excluding hydrogens is 278 g/mol. The molecule has 22 heavy (non-hydrogen) atoms. The van der Waals surface area contributed by atoms with Gasteiger partial charge in [-0.25, -0.2) is 0 Å². The Balaban J connectivity index is 1.58. The monoisotopic (exact) mass is 299 g/mol. The van der Waals surface area contributed by atoms with Crippen molar-refractivity contribution in [3.63, 3.8) is 0 Å². The van der Waals surface area contributed by atoms with Crippen molar-refractivity contribution in [2.75, 3.05) is 20.3 Å². The van der Waals surface area contributed by atoms with E-state index in [0.717, 1.165) is 29.0 Å². The quantitative estimate of drug-likeness (QED) is 0.889. The predicted molar refractivity (Wildman–Crippen MR) is 85.4 cm³/mol. The summed E-state index contributed by atoms with van der Waals surface area (Å²) in [5.74, 6) is 1.76. The minimum atomic E-state index is -0.507. The number of benzene rings is 2. The average Bonchev–Trinajstić information content (AvgIpc) is 2.59. The molecule has 4 nitrogen and oxygen atoms in total. The molecule has 2 aromatic rings. The zero-order chi connectivity index (χ0) is 15.4. The molecule has 0 saturated carbocycles. The Morgan fingerprint density at radius 2 is 2.09 bits per heavy atom. The molecule has 2 N–H and O–H groups in total. The number of rotatable bonds is 5. The van der Waals surface area contributed by atoms with Crippen molar-refractivity contribution >= 4 is 0 Å². The summed E-state index contributed by atoms with van der Waals surface area (Å²) in [6, 6.07) is 15.7. The van der Waals surface area contributed by atoms with Crippen LogP contribution in [0.15, 0.2) is 48.5 Å². The van der Waals surface area contributed by atoms with Gasteiger partial charge in [-0.15, -0.1) is 0 Å². The van der Waals surface area contributed by atoms with Gasteiger partial charge in [0.2, 0.25) is 0 Å². The lowest BCUT2D eigenvalue weighted by Crippen LogP contribution is -2.41. The first kappa shape index (κ1) is 14.9. The molecule has 0 radical (unpaired) electrons. The molecule has 4 heteroatoms. The highest BCUT2D eigenvalue weighted by Crippen LogP contribution is 2.28. The second kappa shape index (κ2) is 6.81. The number of ether oxygens (including phenoxy) is 2. The van der Waals surface area contributed by atoms with E-state index < -0.39 is 6.10 Å². The fourth-order valence-corrected chi connectivity index (χ4v) is 2.70. The Morgan fingerprint density at radius 3 is 2.86 bits per heavy atom. The van der Waals surface area contributed by atoms with E-state index in [0.29, 0.717) is 13.2 Å². The largest absolute Gasteiger partial charge is 0.497 e. The second-order valence-corrected chi connectivity index (χ2v) is 5.52. The SMILES string of the molecule is COc1ccc2c(c1)CC(NCC(O)c1ccccc1)CO2. The highest BCUT2D eigenvalue weighted by molar-refractivity contribution is 5.42. The van der Waals surface area contributed by atoms with Crippen LogP contribution < -0.4 is 14.8 Å². The van der Waals surface area contributed by atoms with Crippen LogP contribution in [-0.2, 0) is 6.42 Å². The van der Waals surface area contributed by atoms with E-state index in [4.69, 9.17) is 9.47 Å². The van der Waals surface area contributed by atoms with Crippen LogP contribution >= 0.6 is 0 Å². The lowest BCUT2D eigenvalue weighted by Gasteiger charge is -2.27. The maximum atomic E-state index is 10.2. The highest BCUT2D eigenvalue weighted by atomic mass is 16.5. The van der Waals surface area contributed by atoms with Crippen LogP contribution in [0.25, 0.3) is 0 Å². The maximum absolute atomic E-state index is 10.2. The van der Waals surface area contributed by atoms with Crippen molar-refractivity contribution < 1.29 is 14.6 Å². The molecule has 3 rings (SSSR count). The topological polar surface area (TPSA) is 50.7 Å². The molecule has 0 aliphatic carbocycles. The molecular formula is C18H21NO3. The van der Waals surface area contributed by atoms with Crippen LogP contribution in [0.1, 0.15) is 17.2 Å². The standard InChI is InChI=1S/C18H21NO3/c1-21-16-7-8-18-14(10-16)9-15(12-22-18)19-11-17(20)13-5-3-2-4-6-13/h2-8,10,15,17,19-20H,9,11-12H2,1H3. The summed E-state index contributed by atoms with van der Waals surface area (Å²) in [6.45, 7) is 1.12. The van der Waals surface area contributed by atoms with Crippen molar-refractivity contribution in [1.82, 2.24) is 5.32 Å².